The summed E-state index contributed by atoms with van der Waals surface area (Å²) in [6.45, 7) is 0. The third-order valence-electron chi connectivity index (χ3n) is 10.1. The Morgan fingerprint density at radius 3 is 2.00 bits per heavy atom. The lowest BCUT2D eigenvalue weighted by Gasteiger charge is -2.12. The van der Waals surface area contributed by atoms with E-state index >= 15 is 0 Å². The minimum atomic E-state index is 0.616. The fourth-order valence-electron chi connectivity index (χ4n) is 8.08. The van der Waals surface area contributed by atoms with Crippen molar-refractivity contribution >= 4 is 81.6 Å². The summed E-state index contributed by atoms with van der Waals surface area (Å²) in [6, 6.07) is 51.0. The predicted octanol–water partition coefficient (Wildman–Crippen LogP) is 10.6. The van der Waals surface area contributed by atoms with Crippen LogP contribution < -0.4 is 0 Å². The Bertz CT molecular complexity index is 3170. The lowest BCUT2D eigenvalue weighted by atomic mass is 9.99. The third-order valence-corrected chi connectivity index (χ3v) is 10.1. The second-order valence-electron chi connectivity index (χ2n) is 12.5. The molecule has 0 unspecified atom stereocenters. The van der Waals surface area contributed by atoms with Crippen LogP contribution in [0, 0.1) is 11.3 Å². The Morgan fingerprint density at radius 1 is 0.500 bits per heavy atom. The molecule has 4 aromatic heterocycles. The molecule has 0 spiro atoms. The van der Waals surface area contributed by atoms with Gasteiger partial charge in [-0.05, 0) is 53.2 Å². The van der Waals surface area contributed by atoms with Gasteiger partial charge in [-0.1, -0.05) is 97.1 Å². The standard InChI is InChI=1S/C43H23N5/c44-24-25-17-19-27(20-18-25)41-30-12-3-6-14-33(30)45-43(46-41)48-36-22-21-26-9-1-2-10-28(26)38(36)40-37(48)23-32-29-11-4-7-15-34(29)47-35-16-8-5-13-31(35)39(40)42(32)47/h1-23H. The zero-order chi connectivity index (χ0) is 31.5. The minimum Gasteiger partial charge on any atom is -0.308 e. The first-order valence-corrected chi connectivity index (χ1v) is 16.1. The molecule has 0 saturated carbocycles. The van der Waals surface area contributed by atoms with Gasteiger partial charge in [0.1, 0.15) is 0 Å². The average Bonchev–Trinajstić information content (AvgIpc) is 3.79. The first-order chi connectivity index (χ1) is 23.8. The molecule has 0 aliphatic heterocycles. The molecule has 0 radical (unpaired) electrons. The van der Waals surface area contributed by atoms with Gasteiger partial charge in [-0.25, -0.2) is 9.97 Å². The van der Waals surface area contributed by atoms with E-state index in [4.69, 9.17) is 9.97 Å². The second kappa shape index (κ2) is 9.16. The van der Waals surface area contributed by atoms with Gasteiger partial charge >= 0.3 is 0 Å². The maximum Gasteiger partial charge on any atom is 0.235 e. The van der Waals surface area contributed by atoms with Crippen LogP contribution >= 0.6 is 0 Å². The fraction of sp³-hybridized carbons (Fsp3) is 0. The van der Waals surface area contributed by atoms with Crippen molar-refractivity contribution in [3.63, 3.8) is 0 Å². The Labute approximate surface area is 273 Å². The first kappa shape index (κ1) is 25.4. The van der Waals surface area contributed by atoms with E-state index in [-0.39, 0.29) is 0 Å². The Hall–Kier alpha value is -6.77. The lowest BCUT2D eigenvalue weighted by molar-refractivity contribution is 1.01. The summed E-state index contributed by atoms with van der Waals surface area (Å²) < 4.78 is 4.71. The highest BCUT2D eigenvalue weighted by Gasteiger charge is 2.26. The van der Waals surface area contributed by atoms with Crippen LogP contribution in [-0.2, 0) is 0 Å². The molecule has 0 saturated heterocycles. The van der Waals surface area contributed by atoms with E-state index < -0.39 is 0 Å². The molecule has 0 N–H and O–H groups in total. The summed E-state index contributed by atoms with van der Waals surface area (Å²) >= 11 is 0. The molecule has 11 rings (SSSR count). The number of nitriles is 1. The number of aromatic nitrogens is 4. The number of benzene rings is 7. The molecule has 0 fully saturated rings. The van der Waals surface area contributed by atoms with Crippen molar-refractivity contribution in [3.8, 4) is 23.3 Å². The zero-order valence-corrected chi connectivity index (χ0v) is 25.5. The van der Waals surface area contributed by atoms with Crippen molar-refractivity contribution in [2.24, 2.45) is 0 Å². The van der Waals surface area contributed by atoms with Crippen molar-refractivity contribution < 1.29 is 0 Å². The summed E-state index contributed by atoms with van der Waals surface area (Å²) in [5.74, 6) is 0.616. The molecule has 48 heavy (non-hydrogen) atoms. The van der Waals surface area contributed by atoms with E-state index in [1.807, 2.05) is 36.4 Å². The Morgan fingerprint density at radius 2 is 1.19 bits per heavy atom. The smallest absolute Gasteiger partial charge is 0.235 e. The van der Waals surface area contributed by atoms with Crippen molar-refractivity contribution in [2.75, 3.05) is 0 Å². The van der Waals surface area contributed by atoms with Crippen molar-refractivity contribution in [1.29, 1.82) is 5.26 Å². The summed E-state index contributed by atoms with van der Waals surface area (Å²) in [7, 11) is 0. The molecular weight excluding hydrogens is 587 g/mol. The highest BCUT2D eigenvalue weighted by molar-refractivity contribution is 6.38. The average molecular weight is 610 g/mol. The highest BCUT2D eigenvalue weighted by atomic mass is 15.2. The van der Waals surface area contributed by atoms with Crippen LogP contribution in [0.25, 0.3) is 98.8 Å². The molecule has 7 aromatic carbocycles. The quantitative estimate of drug-likeness (QED) is 0.196. The third kappa shape index (κ3) is 3.18. The van der Waals surface area contributed by atoms with Gasteiger partial charge in [0, 0.05) is 43.3 Å². The number of nitrogens with zero attached hydrogens (tertiary/aromatic N) is 5. The largest absolute Gasteiger partial charge is 0.308 e. The minimum absolute atomic E-state index is 0.616. The van der Waals surface area contributed by atoms with Crippen LogP contribution in [0.15, 0.2) is 140 Å². The fourth-order valence-corrected chi connectivity index (χ4v) is 8.08. The van der Waals surface area contributed by atoms with Crippen molar-refractivity contribution in [2.45, 2.75) is 0 Å². The summed E-state index contributed by atoms with van der Waals surface area (Å²) in [6.07, 6.45) is 0. The highest BCUT2D eigenvalue weighted by Crippen LogP contribution is 2.48. The van der Waals surface area contributed by atoms with Gasteiger partial charge in [-0.15, -0.1) is 0 Å². The lowest BCUT2D eigenvalue weighted by Crippen LogP contribution is -2.03. The van der Waals surface area contributed by atoms with Crippen LogP contribution in [0.3, 0.4) is 0 Å². The van der Waals surface area contributed by atoms with Crippen LogP contribution in [0.4, 0.5) is 0 Å². The van der Waals surface area contributed by atoms with Gasteiger partial charge in [0.2, 0.25) is 5.95 Å². The van der Waals surface area contributed by atoms with Gasteiger partial charge in [0.15, 0.2) is 0 Å². The molecule has 0 atom stereocenters. The van der Waals surface area contributed by atoms with E-state index in [9.17, 15) is 5.26 Å². The molecule has 0 bridgehead atoms. The molecule has 11 aromatic rings. The van der Waals surface area contributed by atoms with Crippen LogP contribution in [0.1, 0.15) is 5.56 Å². The van der Waals surface area contributed by atoms with Gasteiger partial charge in [-0.2, -0.15) is 5.26 Å². The maximum atomic E-state index is 9.47. The number of rotatable bonds is 2. The number of fused-ring (bicyclic) bond motifs is 13. The Kier molecular flexibility index (Phi) is 4.85. The normalized spacial score (nSPS) is 12.1. The summed E-state index contributed by atoms with van der Waals surface area (Å²) in [5, 5.41) is 20.2. The second-order valence-corrected chi connectivity index (χ2v) is 12.5. The van der Waals surface area contributed by atoms with E-state index in [1.54, 1.807) is 0 Å². The molecular formula is C43H23N5. The maximum absolute atomic E-state index is 9.47. The number of hydrogen-bond acceptors (Lipinski definition) is 3. The molecule has 5 nitrogen and oxygen atoms in total. The van der Waals surface area contributed by atoms with E-state index in [1.165, 1.54) is 59.6 Å². The van der Waals surface area contributed by atoms with Crippen LogP contribution in [0.5, 0.6) is 0 Å². The predicted molar refractivity (Wildman–Crippen MR) is 196 cm³/mol. The van der Waals surface area contributed by atoms with E-state index in [0.29, 0.717) is 11.5 Å². The van der Waals surface area contributed by atoms with Gasteiger partial charge in [0.25, 0.3) is 0 Å². The molecule has 220 valence electrons. The SMILES string of the molecule is N#Cc1ccc(-c2nc(-n3c4ccc5ccccc5c4c4c5c6ccccc6n6c7ccccc7c(cc43)c56)nc3ccccc23)cc1. The Balaban J connectivity index is 1.39. The van der Waals surface area contributed by atoms with E-state index in [0.717, 1.165) is 33.2 Å². The topological polar surface area (TPSA) is 58.9 Å². The van der Waals surface area contributed by atoms with Gasteiger partial charge in [-0.3, -0.25) is 4.57 Å². The van der Waals surface area contributed by atoms with Crippen LogP contribution in [0.2, 0.25) is 0 Å². The van der Waals surface area contributed by atoms with Crippen molar-refractivity contribution in [1.82, 2.24) is 18.9 Å². The number of para-hydroxylation sites is 3. The van der Waals surface area contributed by atoms with Gasteiger partial charge in [0.05, 0.1) is 50.4 Å². The molecule has 5 heteroatoms. The molecule has 0 amide bonds. The molecule has 4 heterocycles. The monoisotopic (exact) mass is 609 g/mol. The van der Waals surface area contributed by atoms with Gasteiger partial charge < -0.3 is 4.40 Å². The van der Waals surface area contributed by atoms with Crippen molar-refractivity contribution in [3.05, 3.63) is 145 Å². The van der Waals surface area contributed by atoms with Crippen LogP contribution in [-0.4, -0.2) is 18.9 Å². The molecule has 0 aliphatic carbocycles. The summed E-state index contributed by atoms with van der Waals surface area (Å²) in [5.41, 5.74) is 9.06. The van der Waals surface area contributed by atoms with E-state index in [2.05, 4.69) is 118 Å². The molecule has 0 aliphatic rings. The zero-order valence-electron chi connectivity index (χ0n) is 25.5. The first-order valence-electron chi connectivity index (χ1n) is 16.1. The summed E-state index contributed by atoms with van der Waals surface area (Å²) in [4.78, 5) is 10.6. The number of hydrogen-bond donors (Lipinski definition) is 0.